The van der Waals surface area contributed by atoms with Crippen molar-refractivity contribution in [2.24, 2.45) is 0 Å². The fraction of sp³-hybridized carbons (Fsp3) is 0.125. The van der Waals surface area contributed by atoms with E-state index in [9.17, 15) is 0 Å². The molecule has 0 saturated heterocycles. The lowest BCUT2D eigenvalue weighted by Crippen LogP contribution is -2.00. The predicted octanol–water partition coefficient (Wildman–Crippen LogP) is 1.55. The van der Waals surface area contributed by atoms with Crippen LogP contribution in [-0.4, -0.2) is 14.3 Å². The number of nitrogens with one attached hydrogen (secondary N) is 1. The van der Waals surface area contributed by atoms with Crippen molar-refractivity contribution < 1.29 is 0 Å². The van der Waals surface area contributed by atoms with Crippen molar-refractivity contribution in [3.8, 4) is 0 Å². The lowest BCUT2D eigenvalue weighted by atomic mass is 10.3. The Labute approximate surface area is 79.8 Å². The molecule has 0 atom stereocenters. The van der Waals surface area contributed by atoms with Crippen molar-refractivity contribution in [2.45, 2.75) is 6.54 Å². The first-order chi connectivity index (χ1) is 6.45. The molecule has 0 radical (unpaired) electrons. The van der Waals surface area contributed by atoms with Gasteiger partial charge >= 0.3 is 0 Å². The number of anilines is 1. The maximum absolute atomic E-state index is 4.17. The van der Waals surface area contributed by atoms with E-state index in [1.807, 2.05) is 18.2 Å². The molecule has 0 aliphatic heterocycles. The van der Waals surface area contributed by atoms with Crippen molar-refractivity contribution in [3.63, 3.8) is 0 Å². The largest absolute Gasteiger partial charge is 0.355 e. The molecule has 4 nitrogen and oxygen atoms in total. The van der Waals surface area contributed by atoms with Crippen molar-refractivity contribution in [1.82, 2.24) is 14.3 Å². The molecule has 0 aliphatic carbocycles. The van der Waals surface area contributed by atoms with Gasteiger partial charge in [0.2, 0.25) is 5.13 Å². The number of aromatic nitrogens is 3. The third kappa shape index (κ3) is 2.22. The van der Waals surface area contributed by atoms with Crippen LogP contribution in [-0.2, 0) is 6.54 Å². The minimum absolute atomic E-state index is 0.691. The fourth-order valence-corrected chi connectivity index (χ4v) is 1.34. The minimum Gasteiger partial charge on any atom is -0.355 e. The molecule has 0 amide bonds. The monoisotopic (exact) mass is 192 g/mol. The van der Waals surface area contributed by atoms with E-state index in [-0.39, 0.29) is 0 Å². The first-order valence-corrected chi connectivity index (χ1v) is 4.63. The van der Waals surface area contributed by atoms with Crippen LogP contribution in [0.3, 0.4) is 0 Å². The van der Waals surface area contributed by atoms with Gasteiger partial charge in [-0.05, 0) is 12.1 Å². The third-order valence-corrected chi connectivity index (χ3v) is 2.13. The zero-order valence-electron chi connectivity index (χ0n) is 6.84. The first kappa shape index (κ1) is 8.12. The molecule has 0 aliphatic rings. The van der Waals surface area contributed by atoms with Gasteiger partial charge in [0, 0.05) is 17.7 Å². The molecule has 1 N–H and O–H groups in total. The number of hydrogen-bond donors (Lipinski definition) is 1. The molecule has 5 heteroatoms. The van der Waals surface area contributed by atoms with Gasteiger partial charge < -0.3 is 5.32 Å². The van der Waals surface area contributed by atoms with E-state index in [2.05, 4.69) is 19.7 Å². The molecule has 0 unspecified atom stereocenters. The summed E-state index contributed by atoms with van der Waals surface area (Å²) >= 11 is 1.34. The summed E-state index contributed by atoms with van der Waals surface area (Å²) in [4.78, 5) is 8.17. The summed E-state index contributed by atoms with van der Waals surface area (Å²) in [5.74, 6) is 0. The van der Waals surface area contributed by atoms with Crippen molar-refractivity contribution in [1.29, 1.82) is 0 Å². The van der Waals surface area contributed by atoms with Gasteiger partial charge in [0.1, 0.15) is 6.33 Å². The van der Waals surface area contributed by atoms with Crippen LogP contribution in [0.15, 0.2) is 30.7 Å². The maximum Gasteiger partial charge on any atom is 0.202 e. The van der Waals surface area contributed by atoms with Gasteiger partial charge in [0.15, 0.2) is 0 Å². The highest BCUT2D eigenvalue weighted by Crippen LogP contribution is 2.07. The zero-order chi connectivity index (χ0) is 8.93. The topological polar surface area (TPSA) is 50.7 Å². The van der Waals surface area contributed by atoms with E-state index in [0.717, 1.165) is 10.8 Å². The molecular formula is C8H8N4S. The Balaban J connectivity index is 1.94. The highest BCUT2D eigenvalue weighted by Gasteiger charge is 1.95. The SMILES string of the molecule is c1ccc(CNc2ncns2)nc1. The molecule has 66 valence electrons. The Morgan fingerprint density at radius 2 is 2.31 bits per heavy atom. The average Bonchev–Trinajstić information content (AvgIpc) is 2.69. The molecule has 13 heavy (non-hydrogen) atoms. The van der Waals surface area contributed by atoms with Gasteiger partial charge in [-0.2, -0.15) is 4.37 Å². The normalized spacial score (nSPS) is 9.85. The van der Waals surface area contributed by atoms with E-state index < -0.39 is 0 Å². The quantitative estimate of drug-likeness (QED) is 0.801. The number of hydrogen-bond acceptors (Lipinski definition) is 5. The molecule has 2 rings (SSSR count). The van der Waals surface area contributed by atoms with Crippen LogP contribution in [0.4, 0.5) is 5.13 Å². The summed E-state index contributed by atoms with van der Waals surface area (Å²) in [6, 6.07) is 5.83. The summed E-state index contributed by atoms with van der Waals surface area (Å²) in [7, 11) is 0. The molecule has 0 saturated carbocycles. The van der Waals surface area contributed by atoms with Gasteiger partial charge in [-0.25, -0.2) is 4.98 Å². The van der Waals surface area contributed by atoms with Gasteiger partial charge in [0.25, 0.3) is 0 Å². The molecule has 2 heterocycles. The summed E-state index contributed by atoms with van der Waals surface area (Å²) in [5.41, 5.74) is 0.998. The Hall–Kier alpha value is -1.49. The summed E-state index contributed by atoms with van der Waals surface area (Å²) in [6.45, 7) is 0.691. The van der Waals surface area contributed by atoms with E-state index in [0.29, 0.717) is 6.54 Å². The molecule has 2 aromatic heterocycles. The Morgan fingerprint density at radius 1 is 1.31 bits per heavy atom. The standard InChI is InChI=1S/C8H8N4S/c1-2-4-9-7(3-1)5-10-8-11-6-12-13-8/h1-4,6H,5H2,(H,10,11,12). The molecular weight excluding hydrogens is 184 g/mol. The Bertz CT molecular complexity index is 346. The van der Waals surface area contributed by atoms with Crippen LogP contribution < -0.4 is 5.32 Å². The van der Waals surface area contributed by atoms with E-state index >= 15 is 0 Å². The highest BCUT2D eigenvalue weighted by molar-refractivity contribution is 7.09. The van der Waals surface area contributed by atoms with Gasteiger partial charge in [0.05, 0.1) is 12.2 Å². The predicted molar refractivity (Wildman–Crippen MR) is 51.5 cm³/mol. The number of nitrogens with zero attached hydrogens (tertiary/aromatic N) is 3. The van der Waals surface area contributed by atoms with Crippen LogP contribution >= 0.6 is 11.5 Å². The smallest absolute Gasteiger partial charge is 0.202 e. The van der Waals surface area contributed by atoms with E-state index in [1.165, 1.54) is 17.9 Å². The van der Waals surface area contributed by atoms with Crippen molar-refractivity contribution in [3.05, 3.63) is 36.4 Å². The van der Waals surface area contributed by atoms with E-state index in [1.54, 1.807) is 6.20 Å². The van der Waals surface area contributed by atoms with Gasteiger partial charge in [-0.15, -0.1) is 0 Å². The molecule has 0 fully saturated rings. The first-order valence-electron chi connectivity index (χ1n) is 3.85. The minimum atomic E-state index is 0.691. The summed E-state index contributed by atoms with van der Waals surface area (Å²) in [6.07, 6.45) is 3.31. The van der Waals surface area contributed by atoms with Crippen LogP contribution in [0.2, 0.25) is 0 Å². The lowest BCUT2D eigenvalue weighted by Gasteiger charge is -1.99. The van der Waals surface area contributed by atoms with Crippen LogP contribution in [0.25, 0.3) is 0 Å². The lowest BCUT2D eigenvalue weighted by molar-refractivity contribution is 1.04. The van der Waals surface area contributed by atoms with E-state index in [4.69, 9.17) is 0 Å². The Morgan fingerprint density at radius 3 is 3.00 bits per heavy atom. The summed E-state index contributed by atoms with van der Waals surface area (Å²) < 4.78 is 3.88. The third-order valence-electron chi connectivity index (χ3n) is 1.51. The molecule has 0 spiro atoms. The van der Waals surface area contributed by atoms with Gasteiger partial charge in [-0.1, -0.05) is 6.07 Å². The molecule has 2 aromatic rings. The molecule has 0 aromatic carbocycles. The maximum atomic E-state index is 4.17. The second-order valence-electron chi connectivity index (χ2n) is 2.42. The van der Waals surface area contributed by atoms with Gasteiger partial charge in [-0.3, -0.25) is 4.98 Å². The second kappa shape index (κ2) is 3.95. The van der Waals surface area contributed by atoms with Crippen LogP contribution in [0.5, 0.6) is 0 Å². The van der Waals surface area contributed by atoms with Crippen molar-refractivity contribution >= 4 is 16.7 Å². The number of pyridine rings is 1. The summed E-state index contributed by atoms with van der Waals surface area (Å²) in [5, 5.41) is 3.95. The van der Waals surface area contributed by atoms with Crippen LogP contribution in [0, 0.1) is 0 Å². The zero-order valence-corrected chi connectivity index (χ0v) is 7.66. The Kier molecular flexibility index (Phi) is 2.47. The molecule has 0 bridgehead atoms. The average molecular weight is 192 g/mol. The number of rotatable bonds is 3. The second-order valence-corrected chi connectivity index (χ2v) is 3.20. The fourth-order valence-electron chi connectivity index (χ4n) is 0.920. The van der Waals surface area contributed by atoms with Crippen molar-refractivity contribution in [2.75, 3.05) is 5.32 Å². The highest BCUT2D eigenvalue weighted by atomic mass is 32.1. The van der Waals surface area contributed by atoms with Crippen LogP contribution in [0.1, 0.15) is 5.69 Å².